The highest BCUT2D eigenvalue weighted by atomic mass is 16.5. The molecule has 0 heterocycles. The number of aliphatic carboxylic acids is 1. The second kappa shape index (κ2) is 7.04. The molecule has 2 atom stereocenters. The zero-order valence-corrected chi connectivity index (χ0v) is 12.7. The van der Waals surface area contributed by atoms with Crippen molar-refractivity contribution in [2.24, 2.45) is 17.3 Å². The smallest absolute Gasteiger partial charge is 0.307 e. The number of rotatable bonds is 9. The topological polar surface area (TPSA) is 76.1 Å². The van der Waals surface area contributed by atoms with Gasteiger partial charge in [-0.15, -0.1) is 0 Å². The number of amides is 1. The fourth-order valence-corrected chi connectivity index (χ4v) is 2.69. The van der Waals surface area contributed by atoms with Crippen LogP contribution < -0.4 is 0 Å². The third kappa shape index (κ3) is 3.70. The van der Waals surface area contributed by atoms with Gasteiger partial charge in [-0.05, 0) is 11.8 Å². The lowest BCUT2D eigenvalue weighted by Crippen LogP contribution is -2.37. The van der Waals surface area contributed by atoms with Crippen molar-refractivity contribution in [1.29, 1.82) is 0 Å². The van der Waals surface area contributed by atoms with E-state index >= 15 is 0 Å². The number of hydrogen-bond acceptors (Lipinski definition) is 4. The Morgan fingerprint density at radius 1 is 1.10 bits per heavy atom. The lowest BCUT2D eigenvalue weighted by Gasteiger charge is -2.23. The van der Waals surface area contributed by atoms with Crippen molar-refractivity contribution in [2.45, 2.75) is 20.3 Å². The summed E-state index contributed by atoms with van der Waals surface area (Å²) < 4.78 is 10.0. The van der Waals surface area contributed by atoms with Crippen LogP contribution in [0, 0.1) is 17.3 Å². The van der Waals surface area contributed by atoms with Gasteiger partial charge in [-0.1, -0.05) is 13.8 Å². The molecule has 20 heavy (non-hydrogen) atoms. The molecule has 6 heteroatoms. The van der Waals surface area contributed by atoms with Crippen LogP contribution in [0.1, 0.15) is 20.3 Å². The van der Waals surface area contributed by atoms with Crippen molar-refractivity contribution < 1.29 is 24.2 Å². The van der Waals surface area contributed by atoms with E-state index in [2.05, 4.69) is 0 Å². The van der Waals surface area contributed by atoms with Gasteiger partial charge in [0.2, 0.25) is 5.91 Å². The maximum absolute atomic E-state index is 12.5. The molecule has 1 aliphatic carbocycles. The molecular formula is C14H25NO5. The summed E-state index contributed by atoms with van der Waals surface area (Å²) in [5, 5.41) is 9.16. The van der Waals surface area contributed by atoms with Crippen molar-refractivity contribution in [3.8, 4) is 0 Å². The van der Waals surface area contributed by atoms with Gasteiger partial charge in [-0.2, -0.15) is 0 Å². The van der Waals surface area contributed by atoms with Crippen LogP contribution in [-0.2, 0) is 19.1 Å². The molecule has 0 saturated heterocycles. The molecular weight excluding hydrogens is 262 g/mol. The molecule has 6 nitrogen and oxygen atoms in total. The summed E-state index contributed by atoms with van der Waals surface area (Å²) in [4.78, 5) is 25.4. The second-order valence-electron chi connectivity index (χ2n) is 5.78. The fourth-order valence-electron chi connectivity index (χ4n) is 2.69. The highest BCUT2D eigenvalue weighted by molar-refractivity contribution is 5.91. The molecule has 1 fully saturated rings. The number of carbonyl (C=O) groups is 2. The van der Waals surface area contributed by atoms with Crippen LogP contribution in [0.2, 0.25) is 0 Å². The van der Waals surface area contributed by atoms with Gasteiger partial charge in [-0.3, -0.25) is 9.59 Å². The Balaban J connectivity index is 2.65. The molecule has 0 aromatic carbocycles. The van der Waals surface area contributed by atoms with E-state index in [0.717, 1.165) is 6.42 Å². The van der Waals surface area contributed by atoms with E-state index in [1.807, 2.05) is 13.8 Å². The molecule has 0 spiro atoms. The number of nitrogens with zero attached hydrogens (tertiary/aromatic N) is 1. The molecule has 1 rings (SSSR count). The summed E-state index contributed by atoms with van der Waals surface area (Å²) in [6.45, 7) is 5.74. The number of methoxy groups -OCH3 is 2. The SMILES string of the molecule is COCCCN(CCOC)C(=O)[C@H]1[C@@H](C(=O)O)C1(C)C. The van der Waals surface area contributed by atoms with E-state index < -0.39 is 23.2 Å². The molecule has 0 unspecified atom stereocenters. The van der Waals surface area contributed by atoms with Crippen LogP contribution in [0.25, 0.3) is 0 Å². The highest BCUT2D eigenvalue weighted by Crippen LogP contribution is 2.59. The van der Waals surface area contributed by atoms with Gasteiger partial charge in [0.15, 0.2) is 0 Å². The highest BCUT2D eigenvalue weighted by Gasteiger charge is 2.66. The third-order valence-electron chi connectivity index (χ3n) is 4.01. The lowest BCUT2D eigenvalue weighted by atomic mass is 10.1. The van der Waals surface area contributed by atoms with Gasteiger partial charge in [0.05, 0.1) is 18.4 Å². The van der Waals surface area contributed by atoms with Crippen LogP contribution >= 0.6 is 0 Å². The summed E-state index contributed by atoms with van der Waals surface area (Å²) in [5.41, 5.74) is -0.463. The summed E-state index contributed by atoms with van der Waals surface area (Å²) in [7, 11) is 3.20. The summed E-state index contributed by atoms with van der Waals surface area (Å²) in [6, 6.07) is 0. The molecule has 0 bridgehead atoms. The Bertz CT molecular complexity index is 355. The van der Waals surface area contributed by atoms with Gasteiger partial charge in [0, 0.05) is 33.9 Å². The van der Waals surface area contributed by atoms with Crippen molar-refractivity contribution >= 4 is 11.9 Å². The monoisotopic (exact) mass is 287 g/mol. The zero-order chi connectivity index (χ0) is 15.3. The van der Waals surface area contributed by atoms with Crippen molar-refractivity contribution in [3.05, 3.63) is 0 Å². The maximum Gasteiger partial charge on any atom is 0.307 e. The Morgan fingerprint density at radius 3 is 2.15 bits per heavy atom. The first-order valence-electron chi connectivity index (χ1n) is 6.87. The fraction of sp³-hybridized carbons (Fsp3) is 0.857. The summed E-state index contributed by atoms with van der Waals surface area (Å²) in [5.74, 6) is -1.99. The van der Waals surface area contributed by atoms with E-state index in [1.165, 1.54) is 0 Å². The maximum atomic E-state index is 12.5. The van der Waals surface area contributed by atoms with Crippen molar-refractivity contribution in [2.75, 3.05) is 40.5 Å². The molecule has 0 aromatic heterocycles. The van der Waals surface area contributed by atoms with Gasteiger partial charge in [-0.25, -0.2) is 0 Å². The second-order valence-corrected chi connectivity index (χ2v) is 5.78. The first-order chi connectivity index (χ1) is 9.37. The average molecular weight is 287 g/mol. The Morgan fingerprint density at radius 2 is 1.70 bits per heavy atom. The Kier molecular flexibility index (Phi) is 5.95. The molecule has 0 aromatic rings. The molecule has 0 aliphatic heterocycles. The number of carboxylic acids is 1. The predicted octanol–water partition coefficient (Wildman–Crippen LogP) is 0.855. The lowest BCUT2D eigenvalue weighted by molar-refractivity contribution is -0.142. The van der Waals surface area contributed by atoms with E-state index in [4.69, 9.17) is 14.6 Å². The van der Waals surface area contributed by atoms with E-state index in [-0.39, 0.29) is 5.91 Å². The van der Waals surface area contributed by atoms with Crippen LogP contribution in [0.3, 0.4) is 0 Å². The number of carboxylic acid groups (broad SMARTS) is 1. The van der Waals surface area contributed by atoms with E-state index in [1.54, 1.807) is 19.1 Å². The van der Waals surface area contributed by atoms with E-state index in [9.17, 15) is 9.59 Å². The van der Waals surface area contributed by atoms with Crippen LogP contribution in [0.4, 0.5) is 0 Å². The van der Waals surface area contributed by atoms with Crippen LogP contribution in [-0.4, -0.2) is 62.4 Å². The third-order valence-corrected chi connectivity index (χ3v) is 4.01. The minimum atomic E-state index is -0.892. The minimum Gasteiger partial charge on any atom is -0.481 e. The first-order valence-corrected chi connectivity index (χ1v) is 6.87. The number of hydrogen-bond donors (Lipinski definition) is 1. The van der Waals surface area contributed by atoms with Gasteiger partial charge in [0.25, 0.3) is 0 Å². The molecule has 116 valence electrons. The number of ether oxygens (including phenoxy) is 2. The molecule has 1 amide bonds. The predicted molar refractivity (Wildman–Crippen MR) is 73.3 cm³/mol. The minimum absolute atomic E-state index is 0.0875. The average Bonchev–Trinajstić information content (AvgIpc) is 2.96. The standard InChI is InChI=1S/C14H25NO5/c1-14(2)10(11(14)13(17)18)12(16)15(7-9-20-4)6-5-8-19-3/h10-11H,5-9H2,1-4H3,(H,17,18)/t10-,11+/m1/s1. The van der Waals surface area contributed by atoms with Crippen molar-refractivity contribution in [3.63, 3.8) is 0 Å². The molecule has 1 saturated carbocycles. The van der Waals surface area contributed by atoms with Gasteiger partial charge >= 0.3 is 5.97 Å². The molecule has 1 aliphatic rings. The first kappa shape index (κ1) is 16.9. The quantitative estimate of drug-likeness (QED) is 0.636. The summed E-state index contributed by atoms with van der Waals surface area (Å²) >= 11 is 0. The Labute approximate surface area is 120 Å². The van der Waals surface area contributed by atoms with Crippen LogP contribution in [0.15, 0.2) is 0 Å². The van der Waals surface area contributed by atoms with Gasteiger partial charge < -0.3 is 19.5 Å². The zero-order valence-electron chi connectivity index (χ0n) is 12.7. The van der Waals surface area contributed by atoms with Crippen molar-refractivity contribution in [1.82, 2.24) is 4.90 Å². The van der Waals surface area contributed by atoms with Crippen LogP contribution in [0.5, 0.6) is 0 Å². The van der Waals surface area contributed by atoms with E-state index in [0.29, 0.717) is 26.3 Å². The van der Waals surface area contributed by atoms with Gasteiger partial charge in [0.1, 0.15) is 0 Å². The normalized spacial score (nSPS) is 23.4. The molecule has 0 radical (unpaired) electrons. The Hall–Kier alpha value is -1.14. The molecule has 1 N–H and O–H groups in total. The summed E-state index contributed by atoms with van der Waals surface area (Å²) in [6.07, 6.45) is 0.733. The largest absolute Gasteiger partial charge is 0.481 e. The number of carbonyl (C=O) groups excluding carboxylic acids is 1.